The first kappa shape index (κ1) is 25.2. The molecular formula is C28H37N7O2. The molecule has 196 valence electrons. The van der Waals surface area contributed by atoms with Crippen LogP contribution >= 0.6 is 0 Å². The minimum absolute atomic E-state index is 0.0179. The van der Waals surface area contributed by atoms with Gasteiger partial charge in [-0.05, 0) is 56.5 Å². The van der Waals surface area contributed by atoms with Gasteiger partial charge < -0.3 is 25.4 Å². The van der Waals surface area contributed by atoms with Crippen molar-refractivity contribution in [3.63, 3.8) is 0 Å². The van der Waals surface area contributed by atoms with Crippen molar-refractivity contribution in [2.24, 2.45) is 5.92 Å². The van der Waals surface area contributed by atoms with Crippen LogP contribution in [0.25, 0.3) is 10.9 Å². The molecule has 2 aliphatic rings. The van der Waals surface area contributed by atoms with E-state index < -0.39 is 6.04 Å². The molecule has 1 aromatic carbocycles. The number of aromatic nitrogens is 3. The molecular weight excluding hydrogens is 466 g/mol. The summed E-state index contributed by atoms with van der Waals surface area (Å²) in [5.41, 5.74) is 3.51. The number of rotatable bonds is 7. The van der Waals surface area contributed by atoms with Gasteiger partial charge in [0.05, 0.1) is 18.1 Å². The van der Waals surface area contributed by atoms with Crippen LogP contribution in [0.2, 0.25) is 0 Å². The summed E-state index contributed by atoms with van der Waals surface area (Å²) in [4.78, 5) is 43.6. The number of likely N-dealkylation sites (tertiary alicyclic amines) is 1. The van der Waals surface area contributed by atoms with Crippen LogP contribution in [0.1, 0.15) is 44.2 Å². The summed E-state index contributed by atoms with van der Waals surface area (Å²) in [6.45, 7) is 9.21. The number of carbonyl (C=O) groups is 2. The highest BCUT2D eigenvalue weighted by molar-refractivity contribution is 5.91. The van der Waals surface area contributed by atoms with Gasteiger partial charge in [-0.2, -0.15) is 0 Å². The van der Waals surface area contributed by atoms with Crippen LogP contribution in [0.4, 0.5) is 5.95 Å². The van der Waals surface area contributed by atoms with Crippen molar-refractivity contribution in [1.29, 1.82) is 0 Å². The Morgan fingerprint density at radius 3 is 2.62 bits per heavy atom. The van der Waals surface area contributed by atoms with Gasteiger partial charge in [0, 0.05) is 48.5 Å². The first-order valence-corrected chi connectivity index (χ1v) is 13.2. The van der Waals surface area contributed by atoms with Crippen LogP contribution in [-0.4, -0.2) is 76.0 Å². The number of amides is 2. The molecule has 3 N–H and O–H groups in total. The van der Waals surface area contributed by atoms with Crippen molar-refractivity contribution >= 4 is 28.7 Å². The Morgan fingerprint density at radius 2 is 1.92 bits per heavy atom. The van der Waals surface area contributed by atoms with E-state index in [-0.39, 0.29) is 41.8 Å². The number of aromatic amines is 1. The zero-order chi connectivity index (χ0) is 26.3. The first-order valence-electron chi connectivity index (χ1n) is 13.2. The largest absolute Gasteiger partial charge is 0.361 e. The number of H-pyrrole nitrogens is 1. The lowest BCUT2D eigenvalue weighted by atomic mass is 9.90. The summed E-state index contributed by atoms with van der Waals surface area (Å²) < 4.78 is 0. The molecule has 9 nitrogen and oxygen atoms in total. The summed E-state index contributed by atoms with van der Waals surface area (Å²) in [5, 5.41) is 7.16. The lowest BCUT2D eigenvalue weighted by molar-refractivity contribution is -0.139. The topological polar surface area (TPSA) is 106 Å². The zero-order valence-corrected chi connectivity index (χ0v) is 22.2. The van der Waals surface area contributed by atoms with Crippen LogP contribution in [0.15, 0.2) is 42.9 Å². The highest BCUT2D eigenvalue weighted by Gasteiger charge is 2.53. The van der Waals surface area contributed by atoms with Crippen LogP contribution in [0.5, 0.6) is 0 Å². The number of likely N-dealkylation sites (N-methyl/N-ethyl adjacent to an activating group) is 1. The Labute approximate surface area is 218 Å². The number of nitrogens with zero attached hydrogens (tertiary/aromatic N) is 4. The number of carbonyl (C=O) groups excluding carboxylic acids is 2. The number of anilines is 1. The maximum Gasteiger partial charge on any atom is 0.245 e. The van der Waals surface area contributed by atoms with Crippen LogP contribution in [-0.2, 0) is 9.59 Å². The number of nitrogens with one attached hydrogen (secondary N) is 3. The van der Waals surface area contributed by atoms with E-state index in [0.29, 0.717) is 12.5 Å². The lowest BCUT2D eigenvalue weighted by Gasteiger charge is -2.33. The zero-order valence-electron chi connectivity index (χ0n) is 22.2. The highest BCUT2D eigenvalue weighted by atomic mass is 16.2. The summed E-state index contributed by atoms with van der Waals surface area (Å²) in [6.07, 6.45) is 6.46. The normalized spacial score (nSPS) is 22.9. The third kappa shape index (κ3) is 4.56. The Balaban J connectivity index is 1.51. The van der Waals surface area contributed by atoms with E-state index in [1.807, 2.05) is 24.8 Å². The molecule has 0 unspecified atom stereocenters. The molecule has 2 aliphatic heterocycles. The Hall–Kier alpha value is -3.46. The predicted molar refractivity (Wildman–Crippen MR) is 144 cm³/mol. The third-order valence-electron chi connectivity index (χ3n) is 8.04. The minimum atomic E-state index is -0.588. The molecule has 37 heavy (non-hydrogen) atoms. The summed E-state index contributed by atoms with van der Waals surface area (Å²) in [7, 11) is 1.74. The Kier molecular flexibility index (Phi) is 6.90. The van der Waals surface area contributed by atoms with E-state index in [1.54, 1.807) is 26.4 Å². The van der Waals surface area contributed by atoms with Gasteiger partial charge in [-0.1, -0.05) is 26.0 Å². The molecule has 5 rings (SSSR count). The molecule has 9 heteroatoms. The van der Waals surface area contributed by atoms with E-state index in [9.17, 15) is 9.59 Å². The minimum Gasteiger partial charge on any atom is -0.361 e. The Morgan fingerprint density at radius 1 is 1.16 bits per heavy atom. The van der Waals surface area contributed by atoms with Gasteiger partial charge in [-0.25, -0.2) is 9.97 Å². The van der Waals surface area contributed by atoms with Gasteiger partial charge >= 0.3 is 0 Å². The van der Waals surface area contributed by atoms with Crippen molar-refractivity contribution in [2.75, 3.05) is 25.0 Å². The SMILES string of the molecule is CN[C@@H](C)C(=O)N[C@H](C(=O)N1CC[C@@H]2[C@H]1[C@@H](c1c[nH]c3cc(C)ccc13)CN2c1ncccn1)C(C)C. The number of aryl methyl sites for hydroxylation is 1. The standard InChI is InChI=1S/C28H37N7O2/c1-16(2)24(33-26(36)18(4)29-5)27(37)34-12-9-23-25(34)21(15-35(23)28-30-10-6-11-31-28)20-14-32-22-13-17(3)7-8-19(20)22/h6-8,10-11,13-14,16,18,21,23-25,29,32H,9,12,15H2,1-5H3,(H,33,36)/t18-,21+,23+,24-,25+/m0/s1. The fourth-order valence-corrected chi connectivity index (χ4v) is 5.96. The van der Waals surface area contributed by atoms with E-state index in [4.69, 9.17) is 0 Å². The maximum absolute atomic E-state index is 14.1. The summed E-state index contributed by atoms with van der Waals surface area (Å²) in [6, 6.07) is 7.38. The molecule has 2 saturated heterocycles. The molecule has 5 atom stereocenters. The van der Waals surface area contributed by atoms with Crippen LogP contribution in [0, 0.1) is 12.8 Å². The Bertz CT molecular complexity index is 1270. The maximum atomic E-state index is 14.1. The van der Waals surface area contributed by atoms with Crippen molar-refractivity contribution < 1.29 is 9.59 Å². The van der Waals surface area contributed by atoms with E-state index >= 15 is 0 Å². The molecule has 0 spiro atoms. The van der Waals surface area contributed by atoms with Crippen molar-refractivity contribution in [3.05, 3.63) is 54.0 Å². The number of hydrogen-bond acceptors (Lipinski definition) is 6. The van der Waals surface area contributed by atoms with Crippen LogP contribution in [0.3, 0.4) is 0 Å². The van der Waals surface area contributed by atoms with Gasteiger partial charge in [0.1, 0.15) is 6.04 Å². The monoisotopic (exact) mass is 503 g/mol. The molecule has 0 radical (unpaired) electrons. The van der Waals surface area contributed by atoms with E-state index in [0.717, 1.165) is 18.5 Å². The van der Waals surface area contributed by atoms with Gasteiger partial charge in [0.15, 0.2) is 0 Å². The quantitative estimate of drug-likeness (QED) is 0.458. The molecule has 0 bridgehead atoms. The summed E-state index contributed by atoms with van der Waals surface area (Å²) in [5.74, 6) is 0.553. The molecule has 3 aromatic rings. The first-order chi connectivity index (χ1) is 17.8. The molecule has 0 saturated carbocycles. The average Bonchev–Trinajstić information content (AvgIpc) is 3.60. The lowest BCUT2D eigenvalue weighted by Crippen LogP contribution is -2.56. The van der Waals surface area contributed by atoms with Crippen molar-refractivity contribution in [1.82, 2.24) is 30.5 Å². The smallest absolute Gasteiger partial charge is 0.245 e. The molecule has 2 fully saturated rings. The predicted octanol–water partition coefficient (Wildman–Crippen LogP) is 2.59. The molecule has 0 aliphatic carbocycles. The van der Waals surface area contributed by atoms with Gasteiger partial charge in [0.2, 0.25) is 17.8 Å². The summed E-state index contributed by atoms with van der Waals surface area (Å²) >= 11 is 0. The fourth-order valence-electron chi connectivity index (χ4n) is 5.96. The van der Waals surface area contributed by atoms with Crippen molar-refractivity contribution in [2.45, 2.75) is 64.2 Å². The second-order valence-electron chi connectivity index (χ2n) is 10.7. The number of fused-ring (bicyclic) bond motifs is 2. The molecule has 4 heterocycles. The van der Waals surface area contributed by atoms with Gasteiger partial charge in [-0.3, -0.25) is 9.59 Å². The molecule has 2 aromatic heterocycles. The highest BCUT2D eigenvalue weighted by Crippen LogP contribution is 2.44. The van der Waals surface area contributed by atoms with E-state index in [1.165, 1.54) is 16.5 Å². The third-order valence-corrected chi connectivity index (χ3v) is 8.04. The second kappa shape index (κ2) is 10.1. The van der Waals surface area contributed by atoms with Crippen molar-refractivity contribution in [3.8, 4) is 0 Å². The average molecular weight is 504 g/mol. The second-order valence-corrected chi connectivity index (χ2v) is 10.7. The number of benzene rings is 1. The molecule has 2 amide bonds. The van der Waals surface area contributed by atoms with Gasteiger partial charge in [-0.15, -0.1) is 0 Å². The van der Waals surface area contributed by atoms with Gasteiger partial charge in [0.25, 0.3) is 0 Å². The van der Waals surface area contributed by atoms with Crippen LogP contribution < -0.4 is 15.5 Å². The number of hydrogen-bond donors (Lipinski definition) is 3. The fraction of sp³-hybridized carbons (Fsp3) is 0.500. The van der Waals surface area contributed by atoms with E-state index in [2.05, 4.69) is 61.8 Å².